The second kappa shape index (κ2) is 9.55. The third-order valence-corrected chi connectivity index (χ3v) is 10.2. The lowest BCUT2D eigenvalue weighted by molar-refractivity contribution is 0.618. The van der Waals surface area contributed by atoms with Crippen LogP contribution in [0, 0.1) is 0 Å². The van der Waals surface area contributed by atoms with Gasteiger partial charge in [-0.25, -0.2) is 4.98 Å². The molecular formula is C43H34N2O. The van der Waals surface area contributed by atoms with E-state index in [4.69, 9.17) is 9.40 Å². The second-order valence-corrected chi connectivity index (χ2v) is 13.6. The van der Waals surface area contributed by atoms with Crippen LogP contribution in [0.15, 0.2) is 138 Å². The Morgan fingerprint density at radius 1 is 0.500 bits per heavy atom. The molecule has 0 atom stereocenters. The second-order valence-electron chi connectivity index (χ2n) is 13.6. The standard InChI is InChI=1S/C43H34N2O/c1-42(2)31-23-13-11-21-29(31)35-37(41-44-33-25-15-16-26-34(33)46-41)36-30-22-12-14-24-32(30)43(3,4)39(36)40(38(35)42)45(27-17-7-5-8-18-27)28-19-9-6-10-20-28/h5-26H,1-4H3. The van der Waals surface area contributed by atoms with Crippen LogP contribution in [0.25, 0.3) is 44.8 Å². The summed E-state index contributed by atoms with van der Waals surface area (Å²) in [4.78, 5) is 7.68. The van der Waals surface area contributed by atoms with E-state index in [2.05, 4.69) is 142 Å². The number of oxazole rings is 1. The maximum atomic E-state index is 6.72. The van der Waals surface area contributed by atoms with Crippen LogP contribution in [0.1, 0.15) is 49.9 Å². The molecule has 7 aromatic rings. The lowest BCUT2D eigenvalue weighted by Gasteiger charge is -2.37. The topological polar surface area (TPSA) is 29.3 Å². The van der Waals surface area contributed by atoms with E-state index in [1.807, 2.05) is 24.3 Å². The third-order valence-electron chi connectivity index (χ3n) is 10.2. The van der Waals surface area contributed by atoms with Gasteiger partial charge in [-0.15, -0.1) is 0 Å². The molecular weight excluding hydrogens is 560 g/mol. The van der Waals surface area contributed by atoms with E-state index in [1.54, 1.807) is 0 Å². The maximum absolute atomic E-state index is 6.72. The third kappa shape index (κ3) is 3.57. The van der Waals surface area contributed by atoms with Crippen molar-refractivity contribution in [3.63, 3.8) is 0 Å². The van der Waals surface area contributed by atoms with E-state index < -0.39 is 0 Å². The van der Waals surface area contributed by atoms with Crippen LogP contribution in [-0.4, -0.2) is 4.98 Å². The van der Waals surface area contributed by atoms with E-state index in [1.165, 1.54) is 50.2 Å². The molecule has 0 unspecified atom stereocenters. The molecule has 9 rings (SSSR count). The normalized spacial score (nSPS) is 14.9. The molecule has 46 heavy (non-hydrogen) atoms. The molecule has 3 heteroatoms. The molecule has 0 saturated carbocycles. The van der Waals surface area contributed by atoms with Gasteiger partial charge in [-0.1, -0.05) is 125 Å². The quantitative estimate of drug-likeness (QED) is 0.203. The number of para-hydroxylation sites is 4. The van der Waals surface area contributed by atoms with Crippen LogP contribution < -0.4 is 4.90 Å². The number of hydrogen-bond donors (Lipinski definition) is 0. The number of aromatic nitrogens is 1. The Bertz CT molecular complexity index is 2150. The Hall–Kier alpha value is -5.41. The minimum atomic E-state index is -0.302. The van der Waals surface area contributed by atoms with Crippen molar-refractivity contribution in [3.05, 3.63) is 156 Å². The van der Waals surface area contributed by atoms with Crippen LogP contribution in [-0.2, 0) is 10.8 Å². The molecule has 0 radical (unpaired) electrons. The van der Waals surface area contributed by atoms with Crippen molar-refractivity contribution in [1.29, 1.82) is 0 Å². The minimum Gasteiger partial charge on any atom is -0.436 e. The Morgan fingerprint density at radius 3 is 1.48 bits per heavy atom. The first-order valence-corrected chi connectivity index (χ1v) is 16.1. The average molecular weight is 595 g/mol. The molecule has 0 bridgehead atoms. The number of benzene rings is 6. The van der Waals surface area contributed by atoms with Crippen LogP contribution in [0.2, 0.25) is 0 Å². The summed E-state index contributed by atoms with van der Waals surface area (Å²) in [6.07, 6.45) is 0. The van der Waals surface area contributed by atoms with E-state index in [9.17, 15) is 0 Å². The highest BCUT2D eigenvalue weighted by molar-refractivity contribution is 6.09. The van der Waals surface area contributed by atoms with Crippen molar-refractivity contribution < 1.29 is 4.42 Å². The highest BCUT2D eigenvalue weighted by Gasteiger charge is 2.49. The molecule has 0 N–H and O–H groups in total. The first-order valence-electron chi connectivity index (χ1n) is 16.1. The van der Waals surface area contributed by atoms with E-state index >= 15 is 0 Å². The van der Waals surface area contributed by atoms with Crippen molar-refractivity contribution in [2.24, 2.45) is 0 Å². The van der Waals surface area contributed by atoms with Gasteiger partial charge in [0.2, 0.25) is 5.89 Å². The molecule has 6 aromatic carbocycles. The van der Waals surface area contributed by atoms with Crippen molar-refractivity contribution in [2.45, 2.75) is 38.5 Å². The summed E-state index contributed by atoms with van der Waals surface area (Å²) in [5.41, 5.74) is 15.8. The lowest BCUT2D eigenvalue weighted by Crippen LogP contribution is -2.26. The molecule has 3 nitrogen and oxygen atoms in total. The molecule has 0 saturated heterocycles. The zero-order valence-electron chi connectivity index (χ0n) is 26.5. The van der Waals surface area contributed by atoms with Gasteiger partial charge >= 0.3 is 0 Å². The number of rotatable bonds is 4. The SMILES string of the molecule is CC1(C)c2ccccc2-c2c(-c3nc4ccccc4o3)c3c(c(N(c4ccccc4)c4ccccc4)c21)C(C)(C)c1ccccc1-3. The van der Waals surface area contributed by atoms with Gasteiger partial charge in [0.1, 0.15) is 5.52 Å². The fourth-order valence-corrected chi connectivity index (χ4v) is 8.23. The zero-order chi connectivity index (χ0) is 31.2. The largest absolute Gasteiger partial charge is 0.436 e. The summed E-state index contributed by atoms with van der Waals surface area (Å²) in [5, 5.41) is 0. The van der Waals surface area contributed by atoms with Gasteiger partial charge in [0, 0.05) is 33.3 Å². The average Bonchev–Trinajstić information content (AvgIpc) is 3.69. The molecule has 222 valence electrons. The Labute approximate surface area is 269 Å². The van der Waals surface area contributed by atoms with Crippen LogP contribution in [0.4, 0.5) is 17.1 Å². The molecule has 1 aromatic heterocycles. The summed E-state index contributed by atoms with van der Waals surface area (Å²) < 4.78 is 6.72. The number of hydrogen-bond acceptors (Lipinski definition) is 3. The van der Waals surface area contributed by atoms with E-state index in [0.29, 0.717) is 5.89 Å². The fraction of sp³-hybridized carbons (Fsp3) is 0.140. The Morgan fingerprint density at radius 2 is 0.957 bits per heavy atom. The summed E-state index contributed by atoms with van der Waals surface area (Å²) in [6.45, 7) is 9.53. The molecule has 0 aliphatic heterocycles. The highest BCUT2D eigenvalue weighted by Crippen LogP contribution is 2.65. The molecule has 2 aliphatic carbocycles. The van der Waals surface area contributed by atoms with Crippen LogP contribution >= 0.6 is 0 Å². The molecule has 1 heterocycles. The van der Waals surface area contributed by atoms with Crippen LogP contribution in [0.3, 0.4) is 0 Å². The van der Waals surface area contributed by atoms with Crippen molar-refractivity contribution >= 4 is 28.2 Å². The first-order chi connectivity index (χ1) is 22.4. The number of nitrogens with zero attached hydrogens (tertiary/aromatic N) is 2. The lowest BCUT2D eigenvalue weighted by atomic mass is 9.74. The minimum absolute atomic E-state index is 0.302. The van der Waals surface area contributed by atoms with E-state index in [0.717, 1.165) is 28.0 Å². The molecule has 2 aliphatic rings. The van der Waals surface area contributed by atoms with Crippen molar-refractivity contribution in [1.82, 2.24) is 4.98 Å². The molecule has 0 fully saturated rings. The van der Waals surface area contributed by atoms with Gasteiger partial charge in [-0.2, -0.15) is 0 Å². The van der Waals surface area contributed by atoms with Gasteiger partial charge in [0.05, 0.1) is 11.3 Å². The van der Waals surface area contributed by atoms with E-state index in [-0.39, 0.29) is 10.8 Å². The summed E-state index contributed by atoms with van der Waals surface area (Å²) in [6, 6.07) is 47.6. The predicted octanol–water partition coefficient (Wildman–Crippen LogP) is 11.6. The van der Waals surface area contributed by atoms with Gasteiger partial charge in [-0.3, -0.25) is 0 Å². The zero-order valence-corrected chi connectivity index (χ0v) is 26.5. The number of anilines is 3. The number of fused-ring (bicyclic) bond motifs is 7. The summed E-state index contributed by atoms with van der Waals surface area (Å²) in [7, 11) is 0. The van der Waals surface area contributed by atoms with Gasteiger partial charge in [-0.05, 0) is 69.8 Å². The monoisotopic (exact) mass is 594 g/mol. The maximum Gasteiger partial charge on any atom is 0.228 e. The van der Waals surface area contributed by atoms with Gasteiger partial charge in [0.15, 0.2) is 5.58 Å². The fourth-order valence-electron chi connectivity index (χ4n) is 8.23. The van der Waals surface area contributed by atoms with Gasteiger partial charge in [0.25, 0.3) is 0 Å². The Balaban J connectivity index is 1.54. The summed E-state index contributed by atoms with van der Waals surface area (Å²) in [5.74, 6) is 0.672. The smallest absolute Gasteiger partial charge is 0.228 e. The van der Waals surface area contributed by atoms with Gasteiger partial charge < -0.3 is 9.32 Å². The molecule has 0 spiro atoms. The Kier molecular flexibility index (Phi) is 5.59. The molecule has 0 amide bonds. The first kappa shape index (κ1) is 26.9. The van der Waals surface area contributed by atoms with Crippen LogP contribution in [0.5, 0.6) is 0 Å². The highest BCUT2D eigenvalue weighted by atomic mass is 16.3. The van der Waals surface area contributed by atoms with Crippen molar-refractivity contribution in [3.8, 4) is 33.7 Å². The predicted molar refractivity (Wildman–Crippen MR) is 189 cm³/mol. The van der Waals surface area contributed by atoms with Crippen molar-refractivity contribution in [2.75, 3.05) is 4.90 Å². The summed E-state index contributed by atoms with van der Waals surface area (Å²) >= 11 is 0.